The molecule has 0 spiro atoms. The number of rotatable bonds is 4. The number of aromatic nitrogens is 2. The first-order valence-corrected chi connectivity index (χ1v) is 8.71. The molecule has 0 amide bonds. The Balaban J connectivity index is 2.00. The zero-order valence-electron chi connectivity index (χ0n) is 13.5. The van der Waals surface area contributed by atoms with Crippen LogP contribution in [-0.4, -0.2) is 27.0 Å². The molecule has 3 rings (SSSR count). The minimum Gasteiger partial charge on any atom is -0.378 e. The van der Waals surface area contributed by atoms with Gasteiger partial charge in [-0.05, 0) is 25.7 Å². The predicted octanol–water partition coefficient (Wildman–Crippen LogP) is 3.44. The molecule has 0 aromatic carbocycles. The second-order valence-corrected chi connectivity index (χ2v) is 6.68. The van der Waals surface area contributed by atoms with Crippen LogP contribution in [0.4, 0.5) is 17.3 Å². The fraction of sp³-hybridized carbons (Fsp3) is 0.750. The highest BCUT2D eigenvalue weighted by Crippen LogP contribution is 2.38. The van der Waals surface area contributed by atoms with E-state index in [4.69, 9.17) is 5.73 Å². The molecule has 0 bridgehead atoms. The molecule has 2 aliphatic rings. The molecule has 0 unspecified atom stereocenters. The number of nitrogens with two attached hydrogens (primary N) is 1. The number of anilines is 2. The van der Waals surface area contributed by atoms with Crippen molar-refractivity contribution >= 4 is 17.3 Å². The molecule has 7 nitrogen and oxygen atoms in total. The van der Waals surface area contributed by atoms with E-state index in [0.29, 0.717) is 17.9 Å². The maximum Gasteiger partial charge on any atom is 0.353 e. The Hall–Kier alpha value is -1.92. The van der Waals surface area contributed by atoms with Crippen LogP contribution in [0.1, 0.15) is 64.2 Å². The van der Waals surface area contributed by atoms with Gasteiger partial charge in [0.15, 0.2) is 0 Å². The molecular formula is C16H25N5O2. The number of nitrogens with zero attached hydrogens (tertiary/aromatic N) is 4. The molecule has 7 heteroatoms. The van der Waals surface area contributed by atoms with E-state index in [9.17, 15) is 10.1 Å². The Morgan fingerprint density at radius 3 is 2.00 bits per heavy atom. The van der Waals surface area contributed by atoms with Gasteiger partial charge in [-0.15, -0.1) is 0 Å². The molecular weight excluding hydrogens is 294 g/mol. The molecule has 1 heterocycles. The molecule has 0 radical (unpaired) electrons. The highest BCUT2D eigenvalue weighted by molar-refractivity contribution is 5.69. The first kappa shape index (κ1) is 16.0. The summed E-state index contributed by atoms with van der Waals surface area (Å²) in [5.41, 5.74) is 5.68. The number of hydrogen-bond donors (Lipinski definition) is 1. The van der Waals surface area contributed by atoms with Crippen molar-refractivity contribution in [3.8, 4) is 0 Å². The van der Waals surface area contributed by atoms with Crippen LogP contribution in [0.25, 0.3) is 0 Å². The third-order valence-corrected chi connectivity index (χ3v) is 5.19. The average Bonchev–Trinajstić information content (AvgIpc) is 2.57. The van der Waals surface area contributed by atoms with Crippen LogP contribution in [0.15, 0.2) is 6.33 Å². The van der Waals surface area contributed by atoms with Gasteiger partial charge in [0.25, 0.3) is 0 Å². The lowest BCUT2D eigenvalue weighted by Gasteiger charge is -2.42. The fourth-order valence-electron chi connectivity index (χ4n) is 4.11. The van der Waals surface area contributed by atoms with Gasteiger partial charge in [-0.2, -0.15) is 0 Å². The smallest absolute Gasteiger partial charge is 0.353 e. The molecule has 126 valence electrons. The Morgan fingerprint density at radius 1 is 1.00 bits per heavy atom. The molecule has 2 saturated carbocycles. The summed E-state index contributed by atoms with van der Waals surface area (Å²) in [5, 5.41) is 11.5. The SMILES string of the molecule is Nc1ncnc(N(C2CCCCC2)C2CCCCC2)c1[N+](=O)[O-]. The summed E-state index contributed by atoms with van der Waals surface area (Å²) in [6.07, 6.45) is 12.9. The van der Waals surface area contributed by atoms with E-state index in [1.165, 1.54) is 44.9 Å². The highest BCUT2D eigenvalue weighted by atomic mass is 16.6. The van der Waals surface area contributed by atoms with Crippen LogP contribution in [-0.2, 0) is 0 Å². The number of hydrogen-bond acceptors (Lipinski definition) is 6. The molecule has 1 aromatic heterocycles. The van der Waals surface area contributed by atoms with Gasteiger partial charge in [0, 0.05) is 12.1 Å². The van der Waals surface area contributed by atoms with E-state index in [-0.39, 0.29) is 11.5 Å². The average molecular weight is 319 g/mol. The normalized spacial score (nSPS) is 20.3. The molecule has 0 atom stereocenters. The quantitative estimate of drug-likeness (QED) is 0.674. The van der Waals surface area contributed by atoms with E-state index in [0.717, 1.165) is 25.7 Å². The monoisotopic (exact) mass is 319 g/mol. The molecule has 2 fully saturated rings. The maximum atomic E-state index is 11.5. The molecule has 23 heavy (non-hydrogen) atoms. The Morgan fingerprint density at radius 2 is 1.52 bits per heavy atom. The van der Waals surface area contributed by atoms with Crippen molar-refractivity contribution in [2.24, 2.45) is 0 Å². The van der Waals surface area contributed by atoms with Crippen molar-refractivity contribution in [3.05, 3.63) is 16.4 Å². The van der Waals surface area contributed by atoms with Crippen molar-refractivity contribution in [1.82, 2.24) is 9.97 Å². The van der Waals surface area contributed by atoms with E-state index in [1.54, 1.807) is 0 Å². The lowest BCUT2D eigenvalue weighted by molar-refractivity contribution is -0.383. The standard InChI is InChI=1S/C16H25N5O2/c17-15-14(21(22)23)16(19-11-18-15)20(12-7-3-1-4-8-12)13-9-5-2-6-10-13/h11-13H,1-10H2,(H2,17,18,19). The Labute approximate surface area is 136 Å². The summed E-state index contributed by atoms with van der Waals surface area (Å²) in [7, 11) is 0. The van der Waals surface area contributed by atoms with Gasteiger partial charge in [-0.3, -0.25) is 10.1 Å². The van der Waals surface area contributed by atoms with Crippen molar-refractivity contribution < 1.29 is 4.92 Å². The van der Waals surface area contributed by atoms with Gasteiger partial charge in [0.05, 0.1) is 4.92 Å². The highest BCUT2D eigenvalue weighted by Gasteiger charge is 2.35. The minimum absolute atomic E-state index is 0.0309. The van der Waals surface area contributed by atoms with Crippen LogP contribution < -0.4 is 10.6 Å². The second-order valence-electron chi connectivity index (χ2n) is 6.68. The second kappa shape index (κ2) is 7.10. The van der Waals surface area contributed by atoms with E-state index in [2.05, 4.69) is 14.9 Å². The van der Waals surface area contributed by atoms with Crippen molar-refractivity contribution in [2.45, 2.75) is 76.3 Å². The third-order valence-electron chi connectivity index (χ3n) is 5.19. The Kier molecular flexibility index (Phi) is 4.93. The molecule has 0 aliphatic heterocycles. The fourth-order valence-corrected chi connectivity index (χ4v) is 4.11. The van der Waals surface area contributed by atoms with Gasteiger partial charge in [0.1, 0.15) is 6.33 Å². The van der Waals surface area contributed by atoms with Gasteiger partial charge >= 0.3 is 5.69 Å². The molecule has 1 aromatic rings. The lowest BCUT2D eigenvalue weighted by Crippen LogP contribution is -2.46. The van der Waals surface area contributed by atoms with Crippen LogP contribution in [0.2, 0.25) is 0 Å². The van der Waals surface area contributed by atoms with Crippen LogP contribution in [0, 0.1) is 10.1 Å². The van der Waals surface area contributed by atoms with E-state index >= 15 is 0 Å². The summed E-state index contributed by atoms with van der Waals surface area (Å²) >= 11 is 0. The predicted molar refractivity (Wildman–Crippen MR) is 89.3 cm³/mol. The molecule has 0 saturated heterocycles. The zero-order chi connectivity index (χ0) is 16.2. The van der Waals surface area contributed by atoms with Crippen LogP contribution in [0.3, 0.4) is 0 Å². The minimum atomic E-state index is -0.427. The summed E-state index contributed by atoms with van der Waals surface area (Å²) < 4.78 is 0. The largest absolute Gasteiger partial charge is 0.378 e. The first-order valence-electron chi connectivity index (χ1n) is 8.71. The third kappa shape index (κ3) is 3.38. The molecule has 2 aliphatic carbocycles. The first-order chi connectivity index (χ1) is 11.2. The molecule has 2 N–H and O–H groups in total. The van der Waals surface area contributed by atoms with Gasteiger partial charge in [-0.25, -0.2) is 9.97 Å². The van der Waals surface area contributed by atoms with Crippen LogP contribution >= 0.6 is 0 Å². The van der Waals surface area contributed by atoms with Crippen molar-refractivity contribution in [1.29, 1.82) is 0 Å². The summed E-state index contributed by atoms with van der Waals surface area (Å²) in [6, 6.07) is 0.666. The lowest BCUT2D eigenvalue weighted by atomic mass is 9.88. The van der Waals surface area contributed by atoms with Gasteiger partial charge in [0.2, 0.25) is 11.6 Å². The van der Waals surface area contributed by atoms with Crippen molar-refractivity contribution in [2.75, 3.05) is 10.6 Å². The number of nitro groups is 1. The van der Waals surface area contributed by atoms with E-state index in [1.807, 2.05) is 0 Å². The Bertz CT molecular complexity index is 535. The summed E-state index contributed by atoms with van der Waals surface area (Å²) in [5.74, 6) is 0.401. The van der Waals surface area contributed by atoms with Gasteiger partial charge in [-0.1, -0.05) is 38.5 Å². The summed E-state index contributed by atoms with van der Waals surface area (Å²) in [6.45, 7) is 0. The van der Waals surface area contributed by atoms with Crippen molar-refractivity contribution in [3.63, 3.8) is 0 Å². The summed E-state index contributed by atoms with van der Waals surface area (Å²) in [4.78, 5) is 21.5. The van der Waals surface area contributed by atoms with Gasteiger partial charge < -0.3 is 10.6 Å². The maximum absolute atomic E-state index is 11.5. The van der Waals surface area contributed by atoms with Crippen LogP contribution in [0.5, 0.6) is 0 Å². The van der Waals surface area contributed by atoms with E-state index < -0.39 is 4.92 Å². The topological polar surface area (TPSA) is 98.2 Å². The number of nitrogen functional groups attached to an aromatic ring is 1. The zero-order valence-corrected chi connectivity index (χ0v) is 13.5.